The lowest BCUT2D eigenvalue weighted by atomic mass is 9.95. The second kappa shape index (κ2) is 29.4. The first-order valence-corrected chi connectivity index (χ1v) is 28.8. The molecule has 0 spiro atoms. The first-order valence-electron chi connectivity index (χ1n) is 28.8. The quantitative estimate of drug-likeness (QED) is 0.0923. The van der Waals surface area contributed by atoms with Crippen LogP contribution < -0.4 is 26.6 Å². The van der Waals surface area contributed by atoms with Gasteiger partial charge in [0, 0.05) is 45.8 Å². The van der Waals surface area contributed by atoms with Crippen LogP contribution in [-0.2, 0) is 75.1 Å². The Kier molecular flexibility index (Phi) is 22.8. The Morgan fingerprint density at radius 2 is 1.36 bits per heavy atom. The molecule has 4 aliphatic heterocycles. The number of hydrogen-bond donors (Lipinski definition) is 7. The van der Waals surface area contributed by atoms with Crippen LogP contribution >= 0.6 is 0 Å². The number of benzene rings is 2. The van der Waals surface area contributed by atoms with Crippen LogP contribution in [0.3, 0.4) is 0 Å². The lowest BCUT2D eigenvalue weighted by Gasteiger charge is -2.43. The number of carbonyl (C=O) groups excluding carboxylic acids is 11. The molecule has 452 valence electrons. The summed E-state index contributed by atoms with van der Waals surface area (Å²) in [4.78, 5) is 163. The summed E-state index contributed by atoms with van der Waals surface area (Å²) in [6.45, 7) is 11.4. The number of nitrogens with zero attached hydrogens (tertiary/aromatic N) is 4. The topological polar surface area (TPSA) is 320 Å². The molecule has 6 rings (SSSR count). The van der Waals surface area contributed by atoms with Crippen molar-refractivity contribution in [3.63, 3.8) is 0 Å². The Hall–Kier alpha value is -7.89. The second-order valence-electron chi connectivity index (χ2n) is 22.0. The number of phenolic OH excluding ortho intramolecular Hbond substituents is 1. The zero-order valence-electron chi connectivity index (χ0n) is 48.6. The number of hydrogen-bond acceptors (Lipinski definition) is 15. The number of amides is 9. The van der Waals surface area contributed by atoms with Gasteiger partial charge < -0.3 is 65.9 Å². The van der Waals surface area contributed by atoms with Crippen molar-refractivity contribution in [3.8, 4) is 5.75 Å². The van der Waals surface area contributed by atoms with Gasteiger partial charge in [-0.05, 0) is 101 Å². The van der Waals surface area contributed by atoms with Gasteiger partial charge in [-0.25, -0.2) is 9.59 Å². The number of piperidine rings is 1. The Balaban J connectivity index is 1.40. The smallest absolute Gasteiger partial charge is 0.329 e. The number of likely N-dealkylation sites (N-methyl/N-ethyl adjacent to an activating group) is 1. The molecule has 7 N–H and O–H groups in total. The van der Waals surface area contributed by atoms with E-state index in [1.54, 1.807) is 44.2 Å². The fraction of sp³-hybridized carbons (Fsp3) is 0.576. The number of aliphatic hydroxyl groups excluding tert-OH is 1. The van der Waals surface area contributed by atoms with Crippen molar-refractivity contribution < 1.29 is 72.4 Å². The highest BCUT2D eigenvalue weighted by Crippen LogP contribution is 2.27. The molecule has 9 amide bonds. The third kappa shape index (κ3) is 16.0. The average Bonchev–Trinajstić information content (AvgIpc) is 4.34. The molecule has 4 fully saturated rings. The van der Waals surface area contributed by atoms with Crippen LogP contribution in [0.2, 0.25) is 0 Å². The van der Waals surface area contributed by atoms with Gasteiger partial charge in [0.15, 0.2) is 0 Å². The summed E-state index contributed by atoms with van der Waals surface area (Å²) < 4.78 is 11.8. The molecular weight excluding hydrogens is 1070 g/mol. The van der Waals surface area contributed by atoms with Crippen LogP contribution in [0.1, 0.15) is 124 Å². The number of allylic oxidation sites excluding steroid dienone is 1. The number of fused-ring (bicyclic) bond motifs is 2. The van der Waals surface area contributed by atoms with Crippen molar-refractivity contribution in [2.75, 3.05) is 20.1 Å². The summed E-state index contributed by atoms with van der Waals surface area (Å²) in [6, 6.07) is 2.94. The van der Waals surface area contributed by atoms with Crippen molar-refractivity contribution in [1.29, 1.82) is 0 Å². The number of aromatic hydroxyl groups is 1. The number of rotatable bonds is 16. The van der Waals surface area contributed by atoms with Gasteiger partial charge in [0.05, 0.1) is 0 Å². The molecule has 4 saturated heterocycles. The average molecular weight is 1160 g/mol. The van der Waals surface area contributed by atoms with E-state index in [4.69, 9.17) is 9.47 Å². The number of carbonyl (C=O) groups is 11. The van der Waals surface area contributed by atoms with Crippen LogP contribution in [0.25, 0.3) is 0 Å². The van der Waals surface area contributed by atoms with Crippen LogP contribution in [0.5, 0.6) is 5.75 Å². The Morgan fingerprint density at radius 3 is 1.96 bits per heavy atom. The Morgan fingerprint density at radius 1 is 0.771 bits per heavy atom. The largest absolute Gasteiger partial charge is 0.508 e. The molecule has 0 aromatic heterocycles. The van der Waals surface area contributed by atoms with Gasteiger partial charge in [-0.2, -0.15) is 0 Å². The molecule has 0 unspecified atom stereocenters. The van der Waals surface area contributed by atoms with Crippen LogP contribution in [0.15, 0.2) is 66.4 Å². The Labute approximate surface area is 483 Å². The first kappa shape index (κ1) is 64.3. The van der Waals surface area contributed by atoms with Gasteiger partial charge in [0.2, 0.25) is 41.4 Å². The molecule has 4 heterocycles. The van der Waals surface area contributed by atoms with E-state index < -0.39 is 132 Å². The zero-order chi connectivity index (χ0) is 60.8. The minimum Gasteiger partial charge on any atom is -0.508 e. The van der Waals surface area contributed by atoms with Crippen molar-refractivity contribution in [2.45, 2.75) is 192 Å². The number of ether oxygens (including phenoxy) is 2. The maximum absolute atomic E-state index is 15.1. The van der Waals surface area contributed by atoms with Crippen molar-refractivity contribution >= 4 is 65.1 Å². The number of nitrogens with one attached hydrogen (secondary N) is 5. The molecule has 24 nitrogen and oxygen atoms in total. The van der Waals surface area contributed by atoms with Crippen molar-refractivity contribution in [3.05, 3.63) is 77.5 Å². The van der Waals surface area contributed by atoms with E-state index in [0.717, 1.165) is 9.80 Å². The monoisotopic (exact) mass is 1160 g/mol. The highest BCUT2D eigenvalue weighted by atomic mass is 16.6. The van der Waals surface area contributed by atoms with E-state index in [1.165, 1.54) is 68.0 Å². The third-order valence-electron chi connectivity index (χ3n) is 15.6. The van der Waals surface area contributed by atoms with E-state index in [9.17, 15) is 58.2 Å². The summed E-state index contributed by atoms with van der Waals surface area (Å²) >= 11 is 0. The summed E-state index contributed by atoms with van der Waals surface area (Å²) in [5, 5.41) is 34.7. The summed E-state index contributed by atoms with van der Waals surface area (Å²) in [5.74, 6) is -9.90. The van der Waals surface area contributed by atoms with Gasteiger partial charge in [0.1, 0.15) is 78.2 Å². The van der Waals surface area contributed by atoms with Crippen LogP contribution in [0, 0.1) is 5.92 Å². The number of likely N-dealkylation sites (tertiary alicyclic amines) is 2. The number of phenols is 1. The fourth-order valence-electron chi connectivity index (χ4n) is 10.9. The third-order valence-corrected chi connectivity index (χ3v) is 15.6. The molecular formula is C59H81N9O15. The van der Waals surface area contributed by atoms with Gasteiger partial charge in [0.25, 0.3) is 11.8 Å². The first-order chi connectivity index (χ1) is 39.5. The van der Waals surface area contributed by atoms with Crippen LogP contribution in [-0.4, -0.2) is 182 Å². The highest BCUT2D eigenvalue weighted by molar-refractivity contribution is 6.03. The van der Waals surface area contributed by atoms with Gasteiger partial charge in [-0.15, -0.1) is 0 Å². The molecule has 24 heteroatoms. The number of esters is 2. The SMILES string of the molecule is C/C=C1\NC(=O)[C@@H](NC(=O)[C@@H](NC(=O)[C@@H]2CCCN2C(=O)CCC)[C@@H](C)OC(=O)[C@@H]2CCCN2C(=O)CCC)[C@@H](C)OC(=O)[C@H](C(C)C)NC(=O)[C@H](Cc2ccc(O)cc2)N(C)C(=O)[C@H](Cc2ccccc2)N2C(=O)[C@H](CC[C@H]2O)NC1=O. The van der Waals surface area contributed by atoms with Gasteiger partial charge in [-0.3, -0.25) is 43.2 Å². The van der Waals surface area contributed by atoms with E-state index >= 15 is 4.79 Å². The van der Waals surface area contributed by atoms with Crippen LogP contribution in [0.4, 0.5) is 0 Å². The van der Waals surface area contributed by atoms with Gasteiger partial charge >= 0.3 is 11.9 Å². The predicted octanol–water partition coefficient (Wildman–Crippen LogP) is 1.39. The summed E-state index contributed by atoms with van der Waals surface area (Å²) in [6.07, 6.45) is -1.23. The van der Waals surface area contributed by atoms with Crippen molar-refractivity contribution in [2.24, 2.45) is 5.92 Å². The highest BCUT2D eigenvalue weighted by Gasteiger charge is 2.47. The minimum atomic E-state index is -1.94. The molecule has 2 aromatic carbocycles. The Bertz CT molecular complexity index is 2740. The molecule has 4 aliphatic rings. The normalized spacial score (nSPS) is 26.2. The molecule has 11 atom stereocenters. The van der Waals surface area contributed by atoms with Gasteiger partial charge in [-0.1, -0.05) is 76.2 Å². The predicted molar refractivity (Wildman–Crippen MR) is 299 cm³/mol. The molecule has 2 aromatic rings. The zero-order valence-corrected chi connectivity index (χ0v) is 48.6. The molecule has 0 radical (unpaired) electrons. The summed E-state index contributed by atoms with van der Waals surface area (Å²) in [7, 11) is 1.34. The number of cyclic esters (lactones) is 1. The fourth-order valence-corrected chi connectivity index (χ4v) is 10.9. The molecule has 0 aliphatic carbocycles. The standard InChI is InChI=1S/C59H81N9O15/c1-9-17-45(70)66-29-15-21-41(66)52(74)63-50(34(6)82-58(80)42-22-16-30-67(42)46(71)18-10-2)55(77)64-49-35(7)83-59(81)48(33(4)5)62-53(75)43(31-37-23-25-38(69)26-24-37)65(8)57(79)44(32-36-19-13-12-14-20-36)68-47(72)28-27-40(56(68)78)61-51(73)39(11-3)60-54(49)76/h11-14,19-20,23-26,33-35,40-44,47-50,69,72H,9-10,15-18,21-22,27-32H2,1-8H3,(H,60,76)(H,61,73)(H,62,75)(H,63,74)(H,64,77)/b39-11-/t34-,35-,40+,41+,42+,43+,44+,47-,48+,49+,50+/m1/s1. The van der Waals surface area contributed by atoms with E-state index in [1.807, 2.05) is 13.8 Å². The maximum Gasteiger partial charge on any atom is 0.329 e. The molecule has 2 bridgehead atoms. The molecule has 83 heavy (non-hydrogen) atoms. The lowest BCUT2D eigenvalue weighted by Crippen LogP contribution is -2.64. The van der Waals surface area contributed by atoms with E-state index in [-0.39, 0.29) is 75.5 Å². The summed E-state index contributed by atoms with van der Waals surface area (Å²) in [5.41, 5.74) is 0.618. The minimum absolute atomic E-state index is 0.0758. The van der Waals surface area contributed by atoms with E-state index in [2.05, 4.69) is 26.6 Å². The maximum atomic E-state index is 15.1. The van der Waals surface area contributed by atoms with Crippen molar-refractivity contribution in [1.82, 2.24) is 46.2 Å². The van der Waals surface area contributed by atoms with E-state index in [0.29, 0.717) is 43.4 Å². The molecule has 0 saturated carbocycles. The second-order valence-corrected chi connectivity index (χ2v) is 22.0. The number of aliphatic hydroxyl groups is 1. The lowest BCUT2D eigenvalue weighted by molar-refractivity contribution is -0.165.